The lowest BCUT2D eigenvalue weighted by Crippen LogP contribution is -2.28. The number of hydrogen-bond acceptors (Lipinski definition) is 6. The first-order valence-corrected chi connectivity index (χ1v) is 9.18. The molecule has 8 nitrogen and oxygen atoms in total. The smallest absolute Gasteiger partial charge is 0.422 e. The van der Waals surface area contributed by atoms with E-state index in [-0.39, 0.29) is 11.7 Å². The van der Waals surface area contributed by atoms with Crippen LogP contribution in [0.4, 0.5) is 32.2 Å². The Morgan fingerprint density at radius 3 is 2.27 bits per heavy atom. The summed E-state index contributed by atoms with van der Waals surface area (Å²) in [4.78, 5) is 31.2. The summed E-state index contributed by atoms with van der Waals surface area (Å²) in [6.07, 6.45) is -8.13. The van der Waals surface area contributed by atoms with E-state index in [9.17, 15) is 35.9 Å². The molecule has 14 heteroatoms. The molecule has 0 radical (unpaired) electrons. The van der Waals surface area contributed by atoms with Crippen molar-refractivity contribution in [3.8, 4) is 11.8 Å². The normalized spacial score (nSPS) is 12.6. The van der Waals surface area contributed by atoms with E-state index in [1.807, 2.05) is 0 Å². The first-order chi connectivity index (χ1) is 15.2. The second kappa shape index (κ2) is 10.4. The maximum Gasteiger partial charge on any atom is 0.422 e. The fraction of sp³-hybridized carbons (Fsp3) is 0.368. The van der Waals surface area contributed by atoms with Gasteiger partial charge in [-0.25, -0.2) is 4.98 Å². The Labute approximate surface area is 183 Å². The van der Waals surface area contributed by atoms with Crippen LogP contribution in [0.3, 0.4) is 0 Å². The van der Waals surface area contributed by atoms with Crippen molar-refractivity contribution in [3.05, 3.63) is 41.6 Å². The Bertz CT molecular complexity index is 997. The van der Waals surface area contributed by atoms with Crippen molar-refractivity contribution in [2.24, 2.45) is 0 Å². The van der Waals surface area contributed by atoms with Crippen molar-refractivity contribution in [2.45, 2.75) is 32.2 Å². The fourth-order valence-corrected chi connectivity index (χ4v) is 2.42. The van der Waals surface area contributed by atoms with Crippen LogP contribution in [0.5, 0.6) is 11.8 Å². The van der Waals surface area contributed by atoms with Crippen LogP contribution in [-0.4, -0.2) is 47.3 Å². The van der Waals surface area contributed by atoms with Crippen molar-refractivity contribution in [2.75, 3.05) is 18.5 Å². The Morgan fingerprint density at radius 2 is 1.67 bits per heavy atom. The minimum Gasteiger partial charge on any atom is -0.468 e. The molecule has 33 heavy (non-hydrogen) atoms. The molecule has 1 atom stereocenters. The van der Waals surface area contributed by atoms with E-state index in [4.69, 9.17) is 0 Å². The molecule has 0 spiro atoms. The van der Waals surface area contributed by atoms with Gasteiger partial charge in [0.2, 0.25) is 17.7 Å². The molecule has 2 amide bonds. The minimum absolute atomic E-state index is 0.211. The summed E-state index contributed by atoms with van der Waals surface area (Å²) < 4.78 is 83.6. The standard InChI is InChI=1S/C19H18F6N4O4/c1-10(12-5-6-26-14(7-12)28-11(2)30)27-16(31)13-3-4-15(32-8-18(20,21)22)29-17(13)33-9-19(23,24)25/h3-7,10H,8-9H2,1-2H3,(H,27,31)(H,26,28,30). The number of amides is 2. The maximum absolute atomic E-state index is 12.6. The van der Waals surface area contributed by atoms with Crippen molar-refractivity contribution in [3.63, 3.8) is 0 Å². The highest BCUT2D eigenvalue weighted by atomic mass is 19.4. The van der Waals surface area contributed by atoms with E-state index in [1.165, 1.54) is 25.3 Å². The number of ether oxygens (including phenoxy) is 2. The maximum atomic E-state index is 12.6. The number of pyridine rings is 2. The van der Waals surface area contributed by atoms with E-state index < -0.39 is 54.8 Å². The zero-order chi connectivity index (χ0) is 24.8. The van der Waals surface area contributed by atoms with Crippen LogP contribution < -0.4 is 20.1 Å². The number of anilines is 1. The molecule has 2 aromatic heterocycles. The molecule has 0 bridgehead atoms. The average Bonchev–Trinajstić information content (AvgIpc) is 2.69. The van der Waals surface area contributed by atoms with Gasteiger partial charge in [-0.2, -0.15) is 31.3 Å². The van der Waals surface area contributed by atoms with Crippen molar-refractivity contribution >= 4 is 17.6 Å². The van der Waals surface area contributed by atoms with Gasteiger partial charge < -0.3 is 20.1 Å². The summed E-state index contributed by atoms with van der Waals surface area (Å²) in [5.41, 5.74) is 0.0412. The highest BCUT2D eigenvalue weighted by Gasteiger charge is 2.31. The second-order valence-electron chi connectivity index (χ2n) is 6.66. The number of halogens is 6. The number of hydrogen-bond donors (Lipinski definition) is 2. The van der Waals surface area contributed by atoms with E-state index in [0.717, 1.165) is 12.1 Å². The van der Waals surface area contributed by atoms with Crippen LogP contribution in [0.25, 0.3) is 0 Å². The minimum atomic E-state index is -4.79. The fourth-order valence-electron chi connectivity index (χ4n) is 2.42. The third kappa shape index (κ3) is 8.82. The van der Waals surface area contributed by atoms with Gasteiger partial charge in [-0.05, 0) is 30.7 Å². The van der Waals surface area contributed by atoms with Gasteiger partial charge in [-0.3, -0.25) is 9.59 Å². The predicted molar refractivity (Wildman–Crippen MR) is 102 cm³/mol. The number of aromatic nitrogens is 2. The van der Waals surface area contributed by atoms with Crippen LogP contribution in [0, 0.1) is 0 Å². The topological polar surface area (TPSA) is 102 Å². The molecule has 1 unspecified atom stereocenters. The van der Waals surface area contributed by atoms with Crippen LogP contribution in [0.1, 0.15) is 35.8 Å². The van der Waals surface area contributed by atoms with E-state index in [1.54, 1.807) is 6.92 Å². The predicted octanol–water partition coefficient (Wildman–Crippen LogP) is 3.81. The van der Waals surface area contributed by atoms with Gasteiger partial charge in [-0.15, -0.1) is 0 Å². The number of carbonyl (C=O) groups excluding carboxylic acids is 2. The number of rotatable bonds is 8. The molecular formula is C19H18F6N4O4. The second-order valence-corrected chi connectivity index (χ2v) is 6.66. The highest BCUT2D eigenvalue weighted by Crippen LogP contribution is 2.26. The van der Waals surface area contributed by atoms with E-state index in [2.05, 4.69) is 30.1 Å². The third-order valence-electron chi connectivity index (χ3n) is 3.77. The van der Waals surface area contributed by atoms with Gasteiger partial charge in [0.15, 0.2) is 13.2 Å². The first-order valence-electron chi connectivity index (χ1n) is 9.18. The Kier molecular flexibility index (Phi) is 8.06. The highest BCUT2D eigenvalue weighted by molar-refractivity contribution is 5.96. The molecule has 0 saturated heterocycles. The zero-order valence-corrected chi connectivity index (χ0v) is 17.2. The summed E-state index contributed by atoms with van der Waals surface area (Å²) in [5.74, 6) is -2.61. The van der Waals surface area contributed by atoms with Crippen molar-refractivity contribution in [1.29, 1.82) is 0 Å². The van der Waals surface area contributed by atoms with Crippen LogP contribution in [-0.2, 0) is 4.79 Å². The zero-order valence-electron chi connectivity index (χ0n) is 17.2. The Balaban J connectivity index is 2.23. The summed E-state index contributed by atoms with van der Waals surface area (Å²) in [6, 6.07) is 4.13. The molecule has 2 heterocycles. The van der Waals surface area contributed by atoms with Gasteiger partial charge in [0.25, 0.3) is 5.91 Å². The average molecular weight is 480 g/mol. The largest absolute Gasteiger partial charge is 0.468 e. The molecule has 0 aliphatic rings. The molecule has 180 valence electrons. The van der Waals surface area contributed by atoms with Crippen LogP contribution in [0.15, 0.2) is 30.5 Å². The first kappa shape index (κ1) is 25.7. The van der Waals surface area contributed by atoms with Crippen LogP contribution in [0.2, 0.25) is 0 Å². The molecule has 0 saturated carbocycles. The molecule has 0 aliphatic heterocycles. The number of carbonyl (C=O) groups is 2. The number of nitrogens with zero attached hydrogens (tertiary/aromatic N) is 2. The SMILES string of the molecule is CC(=O)Nc1cc(C(C)NC(=O)c2ccc(OCC(F)(F)F)nc2OCC(F)(F)F)ccn1. The van der Waals surface area contributed by atoms with Gasteiger partial charge in [-0.1, -0.05) is 0 Å². The summed E-state index contributed by atoms with van der Waals surface area (Å²) in [5, 5.41) is 4.97. The van der Waals surface area contributed by atoms with E-state index >= 15 is 0 Å². The van der Waals surface area contributed by atoms with Gasteiger partial charge in [0.05, 0.1) is 6.04 Å². The third-order valence-corrected chi connectivity index (χ3v) is 3.77. The molecule has 2 N–H and O–H groups in total. The molecule has 0 fully saturated rings. The Hall–Kier alpha value is -3.58. The quantitative estimate of drug-likeness (QED) is 0.558. The van der Waals surface area contributed by atoms with Crippen molar-refractivity contribution in [1.82, 2.24) is 15.3 Å². The number of alkyl halides is 6. The molecule has 2 aromatic rings. The molecule has 0 aromatic carbocycles. The van der Waals surface area contributed by atoms with Gasteiger partial charge in [0, 0.05) is 19.2 Å². The Morgan fingerprint density at radius 1 is 1.03 bits per heavy atom. The monoisotopic (exact) mass is 480 g/mol. The van der Waals surface area contributed by atoms with Gasteiger partial charge >= 0.3 is 12.4 Å². The van der Waals surface area contributed by atoms with Crippen LogP contribution >= 0.6 is 0 Å². The lowest BCUT2D eigenvalue weighted by Gasteiger charge is -2.17. The van der Waals surface area contributed by atoms with E-state index in [0.29, 0.717) is 5.56 Å². The lowest BCUT2D eigenvalue weighted by atomic mass is 10.1. The number of nitrogens with one attached hydrogen (secondary N) is 2. The molecular weight excluding hydrogens is 462 g/mol. The summed E-state index contributed by atoms with van der Waals surface area (Å²) >= 11 is 0. The summed E-state index contributed by atoms with van der Waals surface area (Å²) in [6.45, 7) is -0.741. The molecule has 0 aliphatic carbocycles. The van der Waals surface area contributed by atoms with Crippen molar-refractivity contribution < 1.29 is 45.4 Å². The summed E-state index contributed by atoms with van der Waals surface area (Å²) in [7, 11) is 0. The lowest BCUT2D eigenvalue weighted by molar-refractivity contribution is -0.155. The molecule has 2 rings (SSSR count). The van der Waals surface area contributed by atoms with Gasteiger partial charge in [0.1, 0.15) is 11.4 Å².